The number of nitrogens with zero attached hydrogens (tertiary/aromatic N) is 3. The van der Waals surface area contributed by atoms with Gasteiger partial charge in [0.1, 0.15) is 5.01 Å². The van der Waals surface area contributed by atoms with Gasteiger partial charge in [0.2, 0.25) is 5.91 Å². The molecule has 1 atom stereocenters. The van der Waals surface area contributed by atoms with E-state index < -0.39 is 0 Å². The van der Waals surface area contributed by atoms with E-state index in [1.807, 2.05) is 56.1 Å². The predicted molar refractivity (Wildman–Crippen MR) is 121 cm³/mol. The molecule has 3 aromatic rings. The maximum atomic E-state index is 13.1. The fourth-order valence-electron chi connectivity index (χ4n) is 4.22. The van der Waals surface area contributed by atoms with Crippen molar-refractivity contribution < 1.29 is 9.59 Å². The number of hydrogen-bond donors (Lipinski definition) is 0. The van der Waals surface area contributed by atoms with Gasteiger partial charge >= 0.3 is 0 Å². The summed E-state index contributed by atoms with van der Waals surface area (Å²) in [5, 5.41) is 0.936. The number of thiazole rings is 1. The summed E-state index contributed by atoms with van der Waals surface area (Å²) in [5.74, 6) is -0.0479. The van der Waals surface area contributed by atoms with E-state index in [1.165, 1.54) is 0 Å². The van der Waals surface area contributed by atoms with Crippen LogP contribution < -0.4 is 0 Å². The lowest BCUT2D eigenvalue weighted by Gasteiger charge is -2.34. The molecule has 1 aromatic heterocycles. The van der Waals surface area contributed by atoms with E-state index in [1.54, 1.807) is 16.2 Å². The van der Waals surface area contributed by atoms with Crippen molar-refractivity contribution in [3.05, 3.63) is 64.2 Å². The minimum absolute atomic E-state index is 0.0214. The predicted octanol–water partition coefficient (Wildman–Crippen LogP) is 4.42. The van der Waals surface area contributed by atoms with Crippen LogP contribution in [0.25, 0.3) is 10.2 Å². The maximum Gasteiger partial charge on any atom is 0.253 e. The minimum atomic E-state index is -0.159. The minimum Gasteiger partial charge on any atom is -0.339 e. The molecule has 0 aliphatic carbocycles. The zero-order valence-electron chi connectivity index (χ0n) is 17.7. The quantitative estimate of drug-likeness (QED) is 0.626. The van der Waals surface area contributed by atoms with E-state index in [0.717, 1.165) is 39.2 Å². The molecule has 1 saturated heterocycles. The number of likely N-dealkylation sites (tertiary alicyclic amines) is 1. The Morgan fingerprint density at radius 1 is 1.17 bits per heavy atom. The number of fused-ring (bicyclic) bond motifs is 1. The fraction of sp³-hybridized carbons (Fsp3) is 0.375. The lowest BCUT2D eigenvalue weighted by Crippen LogP contribution is -2.45. The number of para-hydroxylation sites is 1. The van der Waals surface area contributed by atoms with E-state index in [0.29, 0.717) is 25.2 Å². The topological polar surface area (TPSA) is 53.5 Å². The zero-order chi connectivity index (χ0) is 21.3. The molecule has 1 aliphatic heterocycles. The standard InChI is InChI=1S/C24H27N3O2S/c1-16-11-17(2)13-19(12-16)24(29)27-10-6-7-18(14-27)23(28)26(3)15-22-25-20-8-4-5-9-21(20)30-22/h4-5,8-9,11-13,18H,6-7,10,14-15H2,1-3H3. The number of benzene rings is 2. The molecule has 0 spiro atoms. The van der Waals surface area contributed by atoms with Gasteiger partial charge in [-0.1, -0.05) is 29.3 Å². The van der Waals surface area contributed by atoms with Crippen LogP contribution in [0.15, 0.2) is 42.5 Å². The molecule has 2 aromatic carbocycles. The van der Waals surface area contributed by atoms with Gasteiger partial charge in [0.05, 0.1) is 22.7 Å². The maximum absolute atomic E-state index is 13.1. The second kappa shape index (κ2) is 8.56. The third kappa shape index (κ3) is 4.38. The van der Waals surface area contributed by atoms with Gasteiger partial charge in [0.25, 0.3) is 5.91 Å². The van der Waals surface area contributed by atoms with Crippen LogP contribution in [0, 0.1) is 19.8 Å². The summed E-state index contributed by atoms with van der Waals surface area (Å²) >= 11 is 1.63. The summed E-state index contributed by atoms with van der Waals surface area (Å²) in [7, 11) is 1.83. The summed E-state index contributed by atoms with van der Waals surface area (Å²) in [4.78, 5) is 34.4. The molecule has 2 heterocycles. The molecule has 0 N–H and O–H groups in total. The molecule has 1 fully saturated rings. The lowest BCUT2D eigenvalue weighted by molar-refractivity contribution is -0.136. The lowest BCUT2D eigenvalue weighted by atomic mass is 9.95. The van der Waals surface area contributed by atoms with Crippen LogP contribution in [0.1, 0.15) is 39.3 Å². The Labute approximate surface area is 181 Å². The van der Waals surface area contributed by atoms with E-state index in [2.05, 4.69) is 17.1 Å². The zero-order valence-corrected chi connectivity index (χ0v) is 18.5. The van der Waals surface area contributed by atoms with Crippen LogP contribution in [0.5, 0.6) is 0 Å². The van der Waals surface area contributed by atoms with E-state index >= 15 is 0 Å². The van der Waals surface area contributed by atoms with Crippen LogP contribution in [-0.4, -0.2) is 46.7 Å². The van der Waals surface area contributed by atoms with Crippen LogP contribution in [-0.2, 0) is 11.3 Å². The molecule has 5 nitrogen and oxygen atoms in total. The smallest absolute Gasteiger partial charge is 0.253 e. The number of rotatable bonds is 4. The molecule has 30 heavy (non-hydrogen) atoms. The van der Waals surface area contributed by atoms with Gasteiger partial charge in [-0.2, -0.15) is 0 Å². The van der Waals surface area contributed by atoms with E-state index in [-0.39, 0.29) is 17.7 Å². The number of piperidine rings is 1. The summed E-state index contributed by atoms with van der Waals surface area (Å²) < 4.78 is 1.14. The first kappa shape index (κ1) is 20.5. The second-order valence-corrected chi connectivity index (χ2v) is 9.35. The molecule has 6 heteroatoms. The van der Waals surface area contributed by atoms with Crippen molar-refractivity contribution in [2.24, 2.45) is 5.92 Å². The second-order valence-electron chi connectivity index (χ2n) is 8.24. The normalized spacial score (nSPS) is 16.6. The average molecular weight is 422 g/mol. The molecule has 4 rings (SSSR count). The van der Waals surface area contributed by atoms with Crippen molar-refractivity contribution in [2.75, 3.05) is 20.1 Å². The van der Waals surface area contributed by atoms with Crippen LogP contribution >= 0.6 is 11.3 Å². The summed E-state index contributed by atoms with van der Waals surface area (Å²) in [6, 6.07) is 14.0. The molecule has 156 valence electrons. The number of carbonyl (C=O) groups excluding carboxylic acids is 2. The molecule has 2 amide bonds. The average Bonchev–Trinajstić information content (AvgIpc) is 3.14. The Morgan fingerprint density at radius 3 is 2.63 bits per heavy atom. The molecule has 1 aliphatic rings. The van der Waals surface area contributed by atoms with Crippen molar-refractivity contribution in [2.45, 2.75) is 33.2 Å². The Morgan fingerprint density at radius 2 is 1.90 bits per heavy atom. The van der Waals surface area contributed by atoms with Gasteiger partial charge in [0.15, 0.2) is 0 Å². The highest BCUT2D eigenvalue weighted by molar-refractivity contribution is 7.18. The monoisotopic (exact) mass is 421 g/mol. The Bertz CT molecular complexity index is 1040. The number of amides is 2. The number of hydrogen-bond acceptors (Lipinski definition) is 4. The molecular weight excluding hydrogens is 394 g/mol. The van der Waals surface area contributed by atoms with Gasteiger partial charge in [0, 0.05) is 25.7 Å². The molecular formula is C24H27N3O2S. The summed E-state index contributed by atoms with van der Waals surface area (Å²) in [5.41, 5.74) is 3.85. The summed E-state index contributed by atoms with van der Waals surface area (Å²) in [6.45, 7) is 5.69. The SMILES string of the molecule is Cc1cc(C)cc(C(=O)N2CCCC(C(=O)N(C)Cc3nc4ccccc4s3)C2)c1. The van der Waals surface area contributed by atoms with Gasteiger partial charge in [-0.05, 0) is 51.0 Å². The van der Waals surface area contributed by atoms with Crippen LogP contribution in [0.4, 0.5) is 0 Å². The first-order valence-corrected chi connectivity index (χ1v) is 11.2. The van der Waals surface area contributed by atoms with Crippen LogP contribution in [0.3, 0.4) is 0 Å². The number of carbonyl (C=O) groups is 2. The summed E-state index contributed by atoms with van der Waals surface area (Å²) in [6.07, 6.45) is 1.67. The number of aromatic nitrogens is 1. The molecule has 0 bridgehead atoms. The third-order valence-electron chi connectivity index (χ3n) is 5.61. The van der Waals surface area contributed by atoms with Gasteiger partial charge in [-0.15, -0.1) is 11.3 Å². The van der Waals surface area contributed by atoms with Gasteiger partial charge < -0.3 is 9.80 Å². The van der Waals surface area contributed by atoms with Gasteiger partial charge in [-0.25, -0.2) is 4.98 Å². The Kier molecular flexibility index (Phi) is 5.86. The van der Waals surface area contributed by atoms with Crippen molar-refractivity contribution >= 4 is 33.4 Å². The highest BCUT2D eigenvalue weighted by Gasteiger charge is 2.31. The van der Waals surface area contributed by atoms with Crippen molar-refractivity contribution in [3.63, 3.8) is 0 Å². The van der Waals surface area contributed by atoms with Crippen molar-refractivity contribution in [1.29, 1.82) is 0 Å². The van der Waals surface area contributed by atoms with E-state index in [4.69, 9.17) is 0 Å². The molecule has 0 radical (unpaired) electrons. The fourth-order valence-corrected chi connectivity index (χ4v) is 5.24. The first-order chi connectivity index (χ1) is 14.4. The largest absolute Gasteiger partial charge is 0.339 e. The highest BCUT2D eigenvalue weighted by atomic mass is 32.1. The van der Waals surface area contributed by atoms with Crippen molar-refractivity contribution in [3.8, 4) is 0 Å². The van der Waals surface area contributed by atoms with Gasteiger partial charge in [-0.3, -0.25) is 9.59 Å². The Balaban J connectivity index is 1.42. The van der Waals surface area contributed by atoms with Crippen LogP contribution in [0.2, 0.25) is 0 Å². The van der Waals surface area contributed by atoms with E-state index in [9.17, 15) is 9.59 Å². The third-order valence-corrected chi connectivity index (χ3v) is 6.63. The first-order valence-electron chi connectivity index (χ1n) is 10.4. The van der Waals surface area contributed by atoms with Crippen molar-refractivity contribution in [1.82, 2.24) is 14.8 Å². The number of aryl methyl sites for hydroxylation is 2. The molecule has 1 unspecified atom stereocenters. The Hall–Kier alpha value is -2.73. The molecule has 0 saturated carbocycles. The highest BCUT2D eigenvalue weighted by Crippen LogP contribution is 2.25.